The number of imide groups is 1. The van der Waals surface area contributed by atoms with Crippen LogP contribution >= 0.6 is 23.2 Å². The van der Waals surface area contributed by atoms with Crippen LogP contribution in [0.1, 0.15) is 78.9 Å². The van der Waals surface area contributed by atoms with E-state index in [2.05, 4.69) is 4.57 Å². The first-order valence-electron chi connectivity index (χ1n) is 13.3. The smallest absolute Gasteiger partial charge is 0.410 e. The van der Waals surface area contributed by atoms with Crippen molar-refractivity contribution in [2.24, 2.45) is 0 Å². The van der Waals surface area contributed by atoms with Crippen molar-refractivity contribution < 1.29 is 19.1 Å². The molecule has 0 atom stereocenters. The Hall–Kier alpha value is -3.10. The van der Waals surface area contributed by atoms with E-state index in [1.807, 2.05) is 26.8 Å². The van der Waals surface area contributed by atoms with Crippen LogP contribution in [0.15, 0.2) is 36.4 Å². The van der Waals surface area contributed by atoms with Crippen LogP contribution in [0.25, 0.3) is 11.0 Å². The summed E-state index contributed by atoms with van der Waals surface area (Å²) in [5.74, 6) is 0.628. The second-order valence-corrected chi connectivity index (χ2v) is 11.9. The van der Waals surface area contributed by atoms with Gasteiger partial charge in [-0.3, -0.25) is 14.5 Å². The average Bonchev–Trinajstić information content (AvgIpc) is 3.35. The summed E-state index contributed by atoms with van der Waals surface area (Å²) in [6.07, 6.45) is 2.63. The number of fused-ring (bicyclic) bond motifs is 2. The Morgan fingerprint density at radius 1 is 0.974 bits per heavy atom. The molecule has 0 bridgehead atoms. The van der Waals surface area contributed by atoms with Crippen molar-refractivity contribution in [3.8, 4) is 0 Å². The molecule has 0 aliphatic carbocycles. The number of nitrogens with zero attached hydrogens (tertiary/aromatic N) is 4. The number of amides is 3. The maximum absolute atomic E-state index is 12.7. The minimum atomic E-state index is -0.534. The van der Waals surface area contributed by atoms with E-state index in [0.29, 0.717) is 53.8 Å². The monoisotopic (exact) mass is 570 g/mol. The highest BCUT2D eigenvalue weighted by Crippen LogP contribution is 2.34. The first kappa shape index (κ1) is 27.5. The van der Waals surface area contributed by atoms with Gasteiger partial charge in [0, 0.05) is 32.1 Å². The average molecular weight is 572 g/mol. The summed E-state index contributed by atoms with van der Waals surface area (Å²) in [6.45, 7) is 7.78. The number of ether oxygens (including phenoxy) is 1. The number of piperidine rings is 1. The second kappa shape index (κ2) is 10.8. The summed E-state index contributed by atoms with van der Waals surface area (Å²) in [7, 11) is 0. The van der Waals surface area contributed by atoms with Gasteiger partial charge in [0.1, 0.15) is 11.4 Å². The molecule has 0 saturated carbocycles. The largest absolute Gasteiger partial charge is 0.444 e. The molecule has 206 valence electrons. The van der Waals surface area contributed by atoms with E-state index in [1.165, 1.54) is 4.90 Å². The zero-order valence-electron chi connectivity index (χ0n) is 22.4. The van der Waals surface area contributed by atoms with Gasteiger partial charge < -0.3 is 14.2 Å². The van der Waals surface area contributed by atoms with E-state index in [9.17, 15) is 14.4 Å². The minimum absolute atomic E-state index is 0.157. The Morgan fingerprint density at radius 2 is 1.56 bits per heavy atom. The molecule has 8 nitrogen and oxygen atoms in total. The van der Waals surface area contributed by atoms with Crippen LogP contribution in [0.4, 0.5) is 4.79 Å². The number of hydrogen-bond donors (Lipinski definition) is 0. The molecule has 5 rings (SSSR count). The Morgan fingerprint density at radius 3 is 2.18 bits per heavy atom. The lowest BCUT2D eigenvalue weighted by molar-refractivity contribution is 0.0202. The van der Waals surface area contributed by atoms with Crippen molar-refractivity contribution in [1.29, 1.82) is 0 Å². The zero-order chi connectivity index (χ0) is 27.9. The van der Waals surface area contributed by atoms with Crippen LogP contribution < -0.4 is 0 Å². The first-order chi connectivity index (χ1) is 18.5. The van der Waals surface area contributed by atoms with Crippen molar-refractivity contribution >= 4 is 52.1 Å². The fourth-order valence-electron chi connectivity index (χ4n) is 5.31. The minimum Gasteiger partial charge on any atom is -0.444 e. The predicted molar refractivity (Wildman–Crippen MR) is 151 cm³/mol. The van der Waals surface area contributed by atoms with E-state index in [1.54, 1.807) is 35.2 Å². The lowest BCUT2D eigenvalue weighted by Crippen LogP contribution is -2.41. The molecular formula is C29H32Cl2N4O4. The molecule has 2 aromatic carbocycles. The van der Waals surface area contributed by atoms with E-state index in [-0.39, 0.29) is 23.8 Å². The molecule has 3 heterocycles. The molecule has 0 N–H and O–H groups in total. The van der Waals surface area contributed by atoms with Crippen molar-refractivity contribution in [3.63, 3.8) is 0 Å². The third-order valence-corrected chi connectivity index (χ3v) is 7.95. The highest BCUT2D eigenvalue weighted by molar-refractivity contribution is 6.42. The molecule has 0 spiro atoms. The van der Waals surface area contributed by atoms with Gasteiger partial charge in [-0.15, -0.1) is 0 Å². The van der Waals surface area contributed by atoms with Crippen molar-refractivity contribution in [2.75, 3.05) is 19.6 Å². The van der Waals surface area contributed by atoms with Gasteiger partial charge in [-0.1, -0.05) is 35.3 Å². The SMILES string of the molecule is CC(C)(C)OC(=O)N1CCC(c2nc3cc(Cl)c(Cl)cc3n2CCCCN2C(=O)c3ccccc3C2=O)CC1. The molecule has 3 aromatic rings. The Bertz CT molecular complexity index is 1400. The van der Waals surface area contributed by atoms with Crippen LogP contribution in [0.2, 0.25) is 10.0 Å². The third-order valence-electron chi connectivity index (χ3n) is 7.22. The van der Waals surface area contributed by atoms with Gasteiger partial charge in [-0.05, 0) is 70.7 Å². The number of imidazole rings is 1. The van der Waals surface area contributed by atoms with Crippen LogP contribution in [0.5, 0.6) is 0 Å². The molecule has 0 unspecified atom stereocenters. The number of unbranched alkanes of at least 4 members (excludes halogenated alkanes) is 1. The van der Waals surface area contributed by atoms with Gasteiger partial charge >= 0.3 is 6.09 Å². The number of halogens is 2. The lowest BCUT2D eigenvalue weighted by Gasteiger charge is -2.33. The maximum atomic E-state index is 12.7. The molecule has 1 aromatic heterocycles. The lowest BCUT2D eigenvalue weighted by atomic mass is 9.96. The molecular weight excluding hydrogens is 539 g/mol. The van der Waals surface area contributed by atoms with Crippen molar-refractivity contribution in [2.45, 2.75) is 64.5 Å². The van der Waals surface area contributed by atoms with E-state index < -0.39 is 5.60 Å². The molecule has 39 heavy (non-hydrogen) atoms. The topological polar surface area (TPSA) is 84.7 Å². The number of carbonyl (C=O) groups is 3. The highest BCUT2D eigenvalue weighted by Gasteiger charge is 2.35. The first-order valence-corrected chi connectivity index (χ1v) is 14.1. The molecule has 1 fully saturated rings. The second-order valence-electron chi connectivity index (χ2n) is 11.1. The number of likely N-dealkylation sites (tertiary alicyclic amines) is 1. The summed E-state index contributed by atoms with van der Waals surface area (Å²) in [6, 6.07) is 10.6. The van der Waals surface area contributed by atoms with Crippen LogP contribution in [-0.2, 0) is 11.3 Å². The molecule has 1 saturated heterocycles. The summed E-state index contributed by atoms with van der Waals surface area (Å²) in [5, 5.41) is 0.911. The quantitative estimate of drug-likeness (QED) is 0.248. The number of aromatic nitrogens is 2. The summed E-state index contributed by atoms with van der Waals surface area (Å²) in [5.41, 5.74) is 2.07. The zero-order valence-corrected chi connectivity index (χ0v) is 23.9. The maximum Gasteiger partial charge on any atom is 0.410 e. The van der Waals surface area contributed by atoms with Crippen molar-refractivity contribution in [1.82, 2.24) is 19.4 Å². The summed E-state index contributed by atoms with van der Waals surface area (Å²) >= 11 is 12.7. The standard InChI is InChI=1S/C29H32Cl2N4O4/c1-29(2,3)39-28(38)33-14-10-18(11-15-33)25-32-23-16-21(30)22(31)17-24(23)34(25)12-6-7-13-35-26(36)19-8-4-5-9-20(19)27(35)37/h4-5,8-9,16-18H,6-7,10-15H2,1-3H3. The highest BCUT2D eigenvalue weighted by atomic mass is 35.5. The fourth-order valence-corrected chi connectivity index (χ4v) is 5.63. The van der Waals surface area contributed by atoms with Crippen LogP contribution in [0, 0.1) is 0 Å². The summed E-state index contributed by atoms with van der Waals surface area (Å²) in [4.78, 5) is 46.0. The van der Waals surface area contributed by atoms with Crippen molar-refractivity contribution in [3.05, 3.63) is 63.4 Å². The molecule has 10 heteroatoms. The van der Waals surface area contributed by atoms with Crippen LogP contribution in [-0.4, -0.2) is 62.5 Å². The molecule has 2 aliphatic heterocycles. The Balaban J connectivity index is 1.28. The fraction of sp³-hybridized carbons (Fsp3) is 0.448. The third kappa shape index (κ3) is 5.63. The van der Waals surface area contributed by atoms with Gasteiger partial charge in [-0.25, -0.2) is 9.78 Å². The number of benzene rings is 2. The van der Waals surface area contributed by atoms with E-state index in [4.69, 9.17) is 32.9 Å². The normalized spacial score (nSPS) is 16.3. The molecule has 2 aliphatic rings. The summed E-state index contributed by atoms with van der Waals surface area (Å²) < 4.78 is 7.72. The predicted octanol–water partition coefficient (Wildman–Crippen LogP) is 6.53. The number of hydrogen-bond acceptors (Lipinski definition) is 5. The van der Waals surface area contributed by atoms with Gasteiger partial charge in [0.05, 0.1) is 32.2 Å². The van der Waals surface area contributed by atoms with Gasteiger partial charge in [0.15, 0.2) is 0 Å². The molecule has 0 radical (unpaired) electrons. The molecule has 3 amide bonds. The van der Waals surface area contributed by atoms with Gasteiger partial charge in [-0.2, -0.15) is 0 Å². The Labute approximate surface area is 237 Å². The van der Waals surface area contributed by atoms with Crippen LogP contribution in [0.3, 0.4) is 0 Å². The van der Waals surface area contributed by atoms with E-state index >= 15 is 0 Å². The van der Waals surface area contributed by atoms with E-state index in [0.717, 1.165) is 36.1 Å². The van der Waals surface area contributed by atoms with Gasteiger partial charge in [0.2, 0.25) is 0 Å². The number of rotatable bonds is 6. The Kier molecular flexibility index (Phi) is 7.62. The number of aryl methyl sites for hydroxylation is 1. The number of carbonyl (C=O) groups excluding carboxylic acids is 3. The van der Waals surface area contributed by atoms with Gasteiger partial charge in [0.25, 0.3) is 11.8 Å².